The standard InChI is InChI=1S/C20H24ClNO5S/c1-2-3-4-5-6-13-27-16-9-7-15(8-10-16)22-28(25,26)17-11-12-19(21)18(14-17)20(23)24/h7-12,14,22H,2-6,13H2,1H3,(H,23,24). The summed E-state index contributed by atoms with van der Waals surface area (Å²) in [6, 6.07) is 10.1. The number of rotatable bonds is 11. The molecule has 28 heavy (non-hydrogen) atoms. The zero-order valence-electron chi connectivity index (χ0n) is 15.7. The van der Waals surface area contributed by atoms with Crippen LogP contribution >= 0.6 is 11.6 Å². The van der Waals surface area contributed by atoms with Crippen LogP contribution in [0.3, 0.4) is 0 Å². The molecule has 0 spiro atoms. The Morgan fingerprint density at radius 1 is 1.07 bits per heavy atom. The number of sulfonamides is 1. The van der Waals surface area contributed by atoms with Crippen molar-refractivity contribution in [1.29, 1.82) is 0 Å². The number of anilines is 1. The minimum atomic E-state index is -3.94. The van der Waals surface area contributed by atoms with Gasteiger partial charge in [-0.05, 0) is 48.9 Å². The van der Waals surface area contributed by atoms with Crippen molar-refractivity contribution in [2.45, 2.75) is 43.9 Å². The van der Waals surface area contributed by atoms with Crippen molar-refractivity contribution in [2.24, 2.45) is 0 Å². The molecule has 0 aromatic heterocycles. The van der Waals surface area contributed by atoms with Crippen LogP contribution in [0.15, 0.2) is 47.4 Å². The lowest BCUT2D eigenvalue weighted by molar-refractivity contribution is 0.0697. The zero-order chi connectivity index (χ0) is 20.6. The van der Waals surface area contributed by atoms with Gasteiger partial charge in [-0.25, -0.2) is 13.2 Å². The molecule has 8 heteroatoms. The third-order valence-corrected chi connectivity index (χ3v) is 5.81. The average molecular weight is 426 g/mol. The lowest BCUT2D eigenvalue weighted by Gasteiger charge is -2.11. The van der Waals surface area contributed by atoms with Crippen LogP contribution in [0.25, 0.3) is 0 Å². The highest BCUT2D eigenvalue weighted by Crippen LogP contribution is 2.23. The molecule has 0 aliphatic rings. The van der Waals surface area contributed by atoms with E-state index >= 15 is 0 Å². The Balaban J connectivity index is 1.97. The van der Waals surface area contributed by atoms with E-state index in [0.29, 0.717) is 18.0 Å². The van der Waals surface area contributed by atoms with E-state index in [9.17, 15) is 13.2 Å². The lowest BCUT2D eigenvalue weighted by atomic mass is 10.2. The molecule has 0 saturated heterocycles. The second kappa shape index (κ2) is 10.3. The first-order chi connectivity index (χ1) is 13.3. The van der Waals surface area contributed by atoms with Crippen molar-refractivity contribution in [3.63, 3.8) is 0 Å². The first-order valence-corrected chi connectivity index (χ1v) is 11.0. The molecule has 0 bridgehead atoms. The van der Waals surface area contributed by atoms with Gasteiger partial charge < -0.3 is 9.84 Å². The van der Waals surface area contributed by atoms with Crippen molar-refractivity contribution in [3.8, 4) is 5.75 Å². The van der Waals surface area contributed by atoms with Gasteiger partial charge in [0, 0.05) is 5.69 Å². The third kappa shape index (κ3) is 6.42. The molecule has 0 saturated carbocycles. The summed E-state index contributed by atoms with van der Waals surface area (Å²) < 4.78 is 33.1. The lowest BCUT2D eigenvalue weighted by Crippen LogP contribution is -2.14. The molecule has 0 unspecified atom stereocenters. The van der Waals surface area contributed by atoms with E-state index in [1.165, 1.54) is 31.4 Å². The molecule has 0 amide bonds. The number of carbonyl (C=O) groups is 1. The van der Waals surface area contributed by atoms with Gasteiger partial charge in [-0.15, -0.1) is 0 Å². The molecule has 2 N–H and O–H groups in total. The molecule has 0 radical (unpaired) electrons. The third-order valence-electron chi connectivity index (χ3n) is 4.10. The monoisotopic (exact) mass is 425 g/mol. The number of ether oxygens (including phenoxy) is 1. The van der Waals surface area contributed by atoms with Crippen LogP contribution in [-0.2, 0) is 10.0 Å². The molecule has 0 atom stereocenters. The van der Waals surface area contributed by atoms with Gasteiger partial charge in [-0.3, -0.25) is 4.72 Å². The van der Waals surface area contributed by atoms with Crippen LogP contribution in [0.4, 0.5) is 5.69 Å². The number of hydrogen-bond donors (Lipinski definition) is 2. The second-order valence-corrected chi connectivity index (χ2v) is 8.43. The SMILES string of the molecule is CCCCCCCOc1ccc(NS(=O)(=O)c2ccc(Cl)c(C(=O)O)c2)cc1. The molecule has 0 aliphatic heterocycles. The highest BCUT2D eigenvalue weighted by molar-refractivity contribution is 7.92. The first-order valence-electron chi connectivity index (χ1n) is 9.12. The molecule has 0 heterocycles. The Labute approximate surface area is 170 Å². The van der Waals surface area contributed by atoms with E-state index in [0.717, 1.165) is 18.9 Å². The van der Waals surface area contributed by atoms with Crippen molar-refractivity contribution < 1.29 is 23.1 Å². The van der Waals surface area contributed by atoms with Crippen LogP contribution in [0.2, 0.25) is 5.02 Å². The summed E-state index contributed by atoms with van der Waals surface area (Å²) in [5.74, 6) is -0.628. The molecule has 6 nitrogen and oxygen atoms in total. The summed E-state index contributed by atoms with van der Waals surface area (Å²) in [6.45, 7) is 2.79. The van der Waals surface area contributed by atoms with Crippen LogP contribution in [0.1, 0.15) is 49.4 Å². The molecule has 0 fully saturated rings. The van der Waals surface area contributed by atoms with Gasteiger partial charge in [0.05, 0.1) is 22.1 Å². The van der Waals surface area contributed by atoms with Crippen LogP contribution in [0, 0.1) is 0 Å². The summed E-state index contributed by atoms with van der Waals surface area (Å²) >= 11 is 5.79. The van der Waals surface area contributed by atoms with Crippen LogP contribution in [-0.4, -0.2) is 26.1 Å². The van der Waals surface area contributed by atoms with E-state index < -0.39 is 16.0 Å². The van der Waals surface area contributed by atoms with Crippen molar-refractivity contribution in [3.05, 3.63) is 53.1 Å². The van der Waals surface area contributed by atoms with Crippen molar-refractivity contribution in [1.82, 2.24) is 0 Å². The minimum Gasteiger partial charge on any atom is -0.494 e. The minimum absolute atomic E-state index is 0.0253. The summed E-state index contributed by atoms with van der Waals surface area (Å²) in [5, 5.41) is 9.07. The Hall–Kier alpha value is -2.25. The molecule has 0 aliphatic carbocycles. The Bertz CT molecular complexity index is 897. The quantitative estimate of drug-likeness (QED) is 0.483. The molecule has 2 aromatic carbocycles. The van der Waals surface area contributed by atoms with E-state index in [2.05, 4.69) is 11.6 Å². The summed E-state index contributed by atoms with van der Waals surface area (Å²) in [7, 11) is -3.94. The average Bonchev–Trinajstić information content (AvgIpc) is 2.65. The van der Waals surface area contributed by atoms with Gasteiger partial charge in [0.1, 0.15) is 5.75 Å². The van der Waals surface area contributed by atoms with Gasteiger partial charge in [0.15, 0.2) is 0 Å². The fourth-order valence-corrected chi connectivity index (χ4v) is 3.85. The number of aromatic carboxylic acids is 1. The molecule has 2 rings (SSSR count). The highest BCUT2D eigenvalue weighted by Gasteiger charge is 2.18. The van der Waals surface area contributed by atoms with Crippen molar-refractivity contribution in [2.75, 3.05) is 11.3 Å². The maximum atomic E-state index is 12.5. The second-order valence-electron chi connectivity index (χ2n) is 6.34. The van der Waals surface area contributed by atoms with E-state index in [1.54, 1.807) is 24.3 Å². The number of carboxylic acid groups (broad SMARTS) is 1. The predicted molar refractivity (Wildman–Crippen MR) is 110 cm³/mol. The zero-order valence-corrected chi connectivity index (χ0v) is 17.2. The number of benzene rings is 2. The van der Waals surface area contributed by atoms with Gasteiger partial charge in [-0.2, -0.15) is 0 Å². The Morgan fingerprint density at radius 3 is 2.39 bits per heavy atom. The van der Waals surface area contributed by atoms with E-state index in [-0.39, 0.29) is 15.5 Å². The maximum absolute atomic E-state index is 12.5. The fourth-order valence-electron chi connectivity index (χ4n) is 2.56. The number of carboxylic acids is 1. The van der Waals surface area contributed by atoms with Crippen LogP contribution < -0.4 is 9.46 Å². The predicted octanol–water partition coefficient (Wildman–Crippen LogP) is 5.19. The summed E-state index contributed by atoms with van der Waals surface area (Å²) in [4.78, 5) is 11.0. The normalized spacial score (nSPS) is 11.2. The van der Waals surface area contributed by atoms with Gasteiger partial charge >= 0.3 is 5.97 Å². The van der Waals surface area contributed by atoms with Gasteiger partial charge in [-0.1, -0.05) is 44.2 Å². The van der Waals surface area contributed by atoms with Crippen molar-refractivity contribution >= 4 is 33.3 Å². The maximum Gasteiger partial charge on any atom is 0.337 e. The smallest absolute Gasteiger partial charge is 0.337 e. The first kappa shape index (κ1) is 22.0. The Kier molecular flexibility index (Phi) is 8.14. The largest absolute Gasteiger partial charge is 0.494 e. The van der Waals surface area contributed by atoms with E-state index in [4.69, 9.17) is 21.4 Å². The van der Waals surface area contributed by atoms with Gasteiger partial charge in [0.25, 0.3) is 10.0 Å². The summed E-state index contributed by atoms with van der Waals surface area (Å²) in [5.41, 5.74) is 0.0781. The molecule has 152 valence electrons. The molecule has 2 aromatic rings. The number of halogens is 1. The number of nitrogens with one attached hydrogen (secondary N) is 1. The molecular formula is C20H24ClNO5S. The van der Waals surface area contributed by atoms with Gasteiger partial charge in [0.2, 0.25) is 0 Å². The highest BCUT2D eigenvalue weighted by atomic mass is 35.5. The van der Waals surface area contributed by atoms with Crippen LogP contribution in [0.5, 0.6) is 5.75 Å². The van der Waals surface area contributed by atoms with E-state index in [1.807, 2.05) is 0 Å². The topological polar surface area (TPSA) is 92.7 Å². The summed E-state index contributed by atoms with van der Waals surface area (Å²) in [6.07, 6.45) is 5.75. The number of hydrogen-bond acceptors (Lipinski definition) is 4. The molecular weight excluding hydrogens is 402 g/mol. The Morgan fingerprint density at radius 2 is 1.75 bits per heavy atom. The number of unbranched alkanes of at least 4 members (excludes halogenated alkanes) is 4. The fraction of sp³-hybridized carbons (Fsp3) is 0.350.